The summed E-state index contributed by atoms with van der Waals surface area (Å²) >= 11 is 0. The van der Waals surface area contributed by atoms with E-state index in [0.29, 0.717) is 0 Å². The highest BCUT2D eigenvalue weighted by Gasteiger charge is 2.07. The first-order chi connectivity index (χ1) is 7.38. The van der Waals surface area contributed by atoms with Gasteiger partial charge in [0.25, 0.3) is 0 Å². The van der Waals surface area contributed by atoms with Crippen molar-refractivity contribution in [1.29, 1.82) is 0 Å². The zero-order valence-corrected chi connectivity index (χ0v) is 9.27. The molecule has 1 aliphatic heterocycles. The first-order valence-electron chi connectivity index (χ1n) is 4.20. The van der Waals surface area contributed by atoms with Crippen molar-refractivity contribution in [3.63, 3.8) is 0 Å². The van der Waals surface area contributed by atoms with E-state index in [9.17, 15) is 13.2 Å². The Morgan fingerprint density at radius 2 is 2.12 bits per heavy atom. The molecule has 0 aromatic heterocycles. The molecule has 16 heavy (non-hydrogen) atoms. The molecule has 2 N–H and O–H groups in total. The van der Waals surface area contributed by atoms with Crippen molar-refractivity contribution in [2.45, 2.75) is 0 Å². The second-order valence-corrected chi connectivity index (χ2v) is 4.49. The number of rotatable bonds is 2. The lowest BCUT2D eigenvalue weighted by molar-refractivity contribution is -0.114. The van der Waals surface area contributed by atoms with Gasteiger partial charge in [0.05, 0.1) is 6.26 Å². The van der Waals surface area contributed by atoms with Crippen LogP contribution in [-0.2, 0) is 19.1 Å². The van der Waals surface area contributed by atoms with Crippen molar-refractivity contribution >= 4 is 21.9 Å². The number of hydrogen-bond acceptors (Lipinski definition) is 5. The molecule has 6 nitrogen and oxygen atoms in total. The van der Waals surface area contributed by atoms with Crippen LogP contribution < -0.4 is 5.73 Å². The third kappa shape index (κ3) is 4.09. The molecule has 0 unspecified atom stereocenters. The van der Waals surface area contributed by atoms with E-state index >= 15 is 0 Å². The Morgan fingerprint density at radius 1 is 1.44 bits per heavy atom. The van der Waals surface area contributed by atoms with Gasteiger partial charge in [0.1, 0.15) is 0 Å². The lowest BCUT2D eigenvalue weighted by Crippen LogP contribution is -2.14. The summed E-state index contributed by atoms with van der Waals surface area (Å²) in [7, 11) is -3.64. The summed E-state index contributed by atoms with van der Waals surface area (Å²) < 4.78 is 26.2. The van der Waals surface area contributed by atoms with Crippen molar-refractivity contribution in [2.24, 2.45) is 10.7 Å². The molecule has 0 aliphatic carbocycles. The van der Waals surface area contributed by atoms with Crippen LogP contribution in [0.3, 0.4) is 0 Å². The molecule has 0 fully saturated rings. The molecule has 1 aliphatic rings. The van der Waals surface area contributed by atoms with Gasteiger partial charge in [-0.3, -0.25) is 4.79 Å². The van der Waals surface area contributed by atoms with Crippen LogP contribution in [-0.4, -0.2) is 26.5 Å². The predicted molar refractivity (Wildman–Crippen MR) is 58.9 cm³/mol. The van der Waals surface area contributed by atoms with Crippen LogP contribution in [0.5, 0.6) is 0 Å². The summed E-state index contributed by atoms with van der Waals surface area (Å²) in [4.78, 5) is 14.6. The molecule has 7 heteroatoms. The van der Waals surface area contributed by atoms with Gasteiger partial charge in [0.2, 0.25) is 11.8 Å². The van der Waals surface area contributed by atoms with Gasteiger partial charge >= 0.3 is 10.1 Å². The van der Waals surface area contributed by atoms with Crippen LogP contribution in [0.4, 0.5) is 0 Å². The fourth-order valence-electron chi connectivity index (χ4n) is 0.892. The van der Waals surface area contributed by atoms with Crippen LogP contribution >= 0.6 is 0 Å². The fraction of sp³-hybridized carbons (Fsp3) is 0.111. The summed E-state index contributed by atoms with van der Waals surface area (Å²) in [6.07, 6.45) is 7.69. The topological polar surface area (TPSA) is 98.8 Å². The number of allylic oxidation sites excluding steroid dienone is 2. The van der Waals surface area contributed by atoms with E-state index in [1.54, 1.807) is 0 Å². The summed E-state index contributed by atoms with van der Waals surface area (Å²) in [5.74, 6) is -0.757. The highest BCUT2D eigenvalue weighted by atomic mass is 32.2. The van der Waals surface area contributed by atoms with Gasteiger partial charge in [-0.1, -0.05) is 0 Å². The number of carbonyl (C=O) groups is 1. The van der Waals surface area contributed by atoms with E-state index < -0.39 is 16.0 Å². The molecule has 1 rings (SSSR count). The van der Waals surface area contributed by atoms with E-state index in [1.807, 2.05) is 0 Å². The van der Waals surface area contributed by atoms with Crippen molar-refractivity contribution < 1.29 is 17.4 Å². The minimum absolute atomic E-state index is 0.134. The van der Waals surface area contributed by atoms with Gasteiger partial charge in [-0.2, -0.15) is 8.42 Å². The van der Waals surface area contributed by atoms with Gasteiger partial charge in [-0.05, 0) is 18.2 Å². The quantitative estimate of drug-likeness (QED) is 0.681. The largest absolute Gasteiger partial charge is 0.366 e. The molecule has 1 amide bonds. The van der Waals surface area contributed by atoms with Gasteiger partial charge < -0.3 is 9.92 Å². The highest BCUT2D eigenvalue weighted by Crippen LogP contribution is 2.03. The normalized spacial score (nSPS) is 15.8. The maximum atomic E-state index is 10.9. The van der Waals surface area contributed by atoms with Crippen LogP contribution in [0, 0.1) is 0 Å². The minimum atomic E-state index is -3.64. The molecule has 0 radical (unpaired) electrons. The Hall–Kier alpha value is -1.89. The van der Waals surface area contributed by atoms with Gasteiger partial charge in [-0.15, -0.1) is 0 Å². The Morgan fingerprint density at radius 3 is 2.69 bits per heavy atom. The molecular formula is C9H10N2O4S. The predicted octanol–water partition coefficient (Wildman–Crippen LogP) is -0.144. The lowest BCUT2D eigenvalue weighted by atomic mass is 10.2. The number of nitrogens with two attached hydrogens (primary N) is 1. The van der Waals surface area contributed by atoms with E-state index in [1.165, 1.54) is 30.5 Å². The number of carbonyl (C=O) groups excluding carboxylic acids is 1. The summed E-state index contributed by atoms with van der Waals surface area (Å²) in [5, 5.41) is 0. The van der Waals surface area contributed by atoms with Gasteiger partial charge in [-0.25, -0.2) is 4.99 Å². The SMILES string of the molecule is CS(=O)(=O)OC1=NC=CC=C(C(N)=O)C=C1. The molecule has 0 aromatic carbocycles. The van der Waals surface area contributed by atoms with Crippen LogP contribution in [0.15, 0.2) is 41.1 Å². The van der Waals surface area contributed by atoms with Crippen LogP contribution in [0.25, 0.3) is 0 Å². The highest BCUT2D eigenvalue weighted by molar-refractivity contribution is 7.86. The van der Waals surface area contributed by atoms with Gasteiger partial charge in [0.15, 0.2) is 0 Å². The second kappa shape index (κ2) is 4.75. The standard InChI is InChI=1S/C9H10N2O4S/c1-16(13,14)15-8-5-4-7(9(10)12)3-2-6-11-8/h2-6H,1H3,(H2,10,12). The molecule has 0 bridgehead atoms. The molecule has 0 spiro atoms. The zero-order chi connectivity index (χ0) is 12.2. The summed E-state index contributed by atoms with van der Waals surface area (Å²) in [6.45, 7) is 0. The Kier molecular flexibility index (Phi) is 3.62. The van der Waals surface area contributed by atoms with E-state index in [-0.39, 0.29) is 11.5 Å². The number of hydrogen-bond donors (Lipinski definition) is 1. The fourth-order valence-corrected chi connectivity index (χ4v) is 1.30. The average Bonchev–Trinajstić information content (AvgIpc) is 2.07. The van der Waals surface area contributed by atoms with Crippen molar-refractivity contribution in [3.05, 3.63) is 36.1 Å². The van der Waals surface area contributed by atoms with Gasteiger partial charge in [0, 0.05) is 17.8 Å². The van der Waals surface area contributed by atoms with Crippen LogP contribution in [0.2, 0.25) is 0 Å². The Bertz CT molecular complexity index is 512. The molecular weight excluding hydrogens is 232 g/mol. The second-order valence-electron chi connectivity index (χ2n) is 2.92. The van der Waals surface area contributed by atoms with E-state index in [4.69, 9.17) is 5.73 Å². The molecule has 0 saturated heterocycles. The van der Waals surface area contributed by atoms with E-state index in [2.05, 4.69) is 9.18 Å². The molecule has 1 heterocycles. The number of amides is 1. The van der Waals surface area contributed by atoms with E-state index in [0.717, 1.165) is 6.26 Å². The smallest absolute Gasteiger partial charge is 0.307 e. The number of primary amides is 1. The van der Waals surface area contributed by atoms with Crippen molar-refractivity contribution in [3.8, 4) is 0 Å². The molecule has 0 aromatic rings. The number of aliphatic imine (C=N–C) groups is 1. The maximum Gasteiger partial charge on any atom is 0.307 e. The third-order valence-electron chi connectivity index (χ3n) is 1.49. The lowest BCUT2D eigenvalue weighted by Gasteiger charge is -2.02. The van der Waals surface area contributed by atoms with Crippen LogP contribution in [0.1, 0.15) is 0 Å². The molecule has 0 saturated carbocycles. The first-order valence-corrected chi connectivity index (χ1v) is 6.02. The first kappa shape index (κ1) is 12.2. The van der Waals surface area contributed by atoms with Crippen molar-refractivity contribution in [2.75, 3.05) is 6.26 Å². The molecule has 0 atom stereocenters. The average molecular weight is 242 g/mol. The Balaban J connectivity index is 2.94. The zero-order valence-electron chi connectivity index (χ0n) is 8.45. The number of nitrogens with zero attached hydrogens (tertiary/aromatic N) is 1. The minimum Gasteiger partial charge on any atom is -0.366 e. The van der Waals surface area contributed by atoms with Crippen molar-refractivity contribution in [1.82, 2.24) is 0 Å². The molecule has 86 valence electrons. The third-order valence-corrected chi connectivity index (χ3v) is 1.96. The Labute approximate surface area is 92.9 Å². The summed E-state index contributed by atoms with van der Waals surface area (Å²) in [5.41, 5.74) is 5.29. The monoisotopic (exact) mass is 242 g/mol. The summed E-state index contributed by atoms with van der Waals surface area (Å²) in [6, 6.07) is 0. The maximum absolute atomic E-state index is 10.9.